The van der Waals surface area contributed by atoms with Crippen molar-refractivity contribution < 1.29 is 9.53 Å². The molecule has 0 fully saturated rings. The Balaban J connectivity index is 1.94. The first-order valence-corrected chi connectivity index (χ1v) is 4.84. The van der Waals surface area contributed by atoms with Gasteiger partial charge in [-0.05, 0) is 19.1 Å². The number of aromatic amines is 1. The van der Waals surface area contributed by atoms with Gasteiger partial charge >= 0.3 is 5.97 Å². The minimum Gasteiger partial charge on any atom is -0.456 e. The second kappa shape index (κ2) is 4.57. The summed E-state index contributed by atoms with van der Waals surface area (Å²) < 4.78 is 5.07. The third-order valence-corrected chi connectivity index (χ3v) is 2.01. The van der Waals surface area contributed by atoms with Crippen molar-refractivity contribution in [2.75, 3.05) is 0 Å². The van der Waals surface area contributed by atoms with E-state index in [0.717, 1.165) is 11.3 Å². The van der Waals surface area contributed by atoms with Gasteiger partial charge in [-0.15, -0.1) is 0 Å². The number of carbonyl (C=O) groups is 1. The van der Waals surface area contributed by atoms with Gasteiger partial charge in [0.05, 0.1) is 0 Å². The molecule has 0 spiro atoms. The number of ether oxygens (including phenoxy) is 1. The lowest BCUT2D eigenvalue weighted by Crippen LogP contribution is -2.05. The summed E-state index contributed by atoms with van der Waals surface area (Å²) in [7, 11) is 0. The number of aromatic nitrogens is 3. The van der Waals surface area contributed by atoms with E-state index in [-0.39, 0.29) is 6.61 Å². The number of esters is 1. The quantitative estimate of drug-likeness (QED) is 0.790. The van der Waals surface area contributed by atoms with Gasteiger partial charge in [-0.1, -0.05) is 6.07 Å². The Morgan fingerprint density at radius 1 is 1.56 bits per heavy atom. The van der Waals surface area contributed by atoms with Crippen LogP contribution >= 0.6 is 0 Å². The van der Waals surface area contributed by atoms with E-state index in [9.17, 15) is 4.79 Å². The molecule has 2 heterocycles. The van der Waals surface area contributed by atoms with Crippen molar-refractivity contribution in [3.05, 3.63) is 47.5 Å². The number of nitrogens with one attached hydrogen (secondary N) is 1. The highest BCUT2D eigenvalue weighted by Crippen LogP contribution is 2.04. The summed E-state index contributed by atoms with van der Waals surface area (Å²) in [4.78, 5) is 15.4. The molecule has 2 aromatic heterocycles. The molecule has 0 aliphatic rings. The van der Waals surface area contributed by atoms with Crippen LogP contribution in [-0.4, -0.2) is 21.2 Å². The number of nitrogens with zero attached hydrogens (tertiary/aromatic N) is 2. The Morgan fingerprint density at radius 3 is 3.06 bits per heavy atom. The smallest absolute Gasteiger partial charge is 0.359 e. The molecule has 0 aliphatic heterocycles. The number of hydrogen-bond donors (Lipinski definition) is 1. The van der Waals surface area contributed by atoms with Gasteiger partial charge in [-0.2, -0.15) is 5.10 Å². The fourth-order valence-corrected chi connectivity index (χ4v) is 1.23. The van der Waals surface area contributed by atoms with Gasteiger partial charge in [0.1, 0.15) is 6.61 Å². The summed E-state index contributed by atoms with van der Waals surface area (Å²) in [5.74, 6) is -0.437. The van der Waals surface area contributed by atoms with Crippen molar-refractivity contribution >= 4 is 5.97 Å². The van der Waals surface area contributed by atoms with Gasteiger partial charge in [-0.3, -0.25) is 10.1 Å². The maximum absolute atomic E-state index is 11.5. The Morgan fingerprint density at radius 2 is 2.44 bits per heavy atom. The predicted octanol–water partition coefficient (Wildman–Crippen LogP) is 1.47. The average molecular weight is 217 g/mol. The number of carbonyl (C=O) groups excluding carboxylic acids is 1. The van der Waals surface area contributed by atoms with Crippen molar-refractivity contribution in [1.29, 1.82) is 0 Å². The molecule has 0 bridgehead atoms. The maximum atomic E-state index is 11.5. The monoisotopic (exact) mass is 217 g/mol. The molecule has 16 heavy (non-hydrogen) atoms. The molecule has 2 aromatic rings. The highest BCUT2D eigenvalue weighted by atomic mass is 16.5. The zero-order valence-corrected chi connectivity index (χ0v) is 8.80. The molecule has 0 radical (unpaired) electrons. The van der Waals surface area contributed by atoms with Crippen LogP contribution in [0.2, 0.25) is 0 Å². The van der Waals surface area contributed by atoms with Crippen molar-refractivity contribution in [3.63, 3.8) is 0 Å². The van der Waals surface area contributed by atoms with Crippen LogP contribution in [0.1, 0.15) is 21.7 Å². The second-order valence-corrected chi connectivity index (χ2v) is 3.37. The number of H-pyrrole nitrogens is 1. The van der Waals surface area contributed by atoms with E-state index in [4.69, 9.17) is 4.74 Å². The largest absolute Gasteiger partial charge is 0.456 e. The standard InChI is InChI=1S/C11H11N3O2/c1-8-5-10(14-13-8)11(15)16-7-9-3-2-4-12-6-9/h2-6H,7H2,1H3,(H,13,14). The Labute approximate surface area is 92.5 Å². The fourth-order valence-electron chi connectivity index (χ4n) is 1.23. The molecule has 0 unspecified atom stereocenters. The van der Waals surface area contributed by atoms with Crippen LogP contribution in [0.3, 0.4) is 0 Å². The molecule has 82 valence electrons. The lowest BCUT2D eigenvalue weighted by molar-refractivity contribution is 0.0465. The van der Waals surface area contributed by atoms with Crippen LogP contribution in [0.4, 0.5) is 0 Å². The minimum atomic E-state index is -0.437. The van der Waals surface area contributed by atoms with E-state index in [2.05, 4.69) is 15.2 Å². The molecule has 5 nitrogen and oxygen atoms in total. The molecule has 5 heteroatoms. The predicted molar refractivity (Wildman–Crippen MR) is 56.7 cm³/mol. The molecule has 0 atom stereocenters. The van der Waals surface area contributed by atoms with Crippen LogP contribution < -0.4 is 0 Å². The van der Waals surface area contributed by atoms with E-state index < -0.39 is 5.97 Å². The summed E-state index contributed by atoms with van der Waals surface area (Å²) in [5.41, 5.74) is 1.97. The first kappa shape index (κ1) is 10.4. The molecular formula is C11H11N3O2. The van der Waals surface area contributed by atoms with Crippen LogP contribution in [0.15, 0.2) is 30.6 Å². The summed E-state index contributed by atoms with van der Waals surface area (Å²) in [5, 5.41) is 6.50. The Kier molecular flexibility index (Phi) is 2.95. The normalized spacial score (nSPS) is 10.1. The highest BCUT2D eigenvalue weighted by molar-refractivity contribution is 5.87. The van der Waals surface area contributed by atoms with E-state index in [1.807, 2.05) is 13.0 Å². The van der Waals surface area contributed by atoms with E-state index >= 15 is 0 Å². The SMILES string of the molecule is Cc1cc(C(=O)OCc2cccnc2)n[nH]1. The lowest BCUT2D eigenvalue weighted by atomic mass is 10.3. The van der Waals surface area contributed by atoms with E-state index in [1.165, 1.54) is 0 Å². The van der Waals surface area contributed by atoms with Gasteiger partial charge in [0.25, 0.3) is 0 Å². The van der Waals surface area contributed by atoms with Gasteiger partial charge in [0.2, 0.25) is 0 Å². The van der Waals surface area contributed by atoms with Gasteiger partial charge in [-0.25, -0.2) is 4.79 Å². The first-order valence-electron chi connectivity index (χ1n) is 4.84. The zero-order valence-electron chi connectivity index (χ0n) is 8.80. The summed E-state index contributed by atoms with van der Waals surface area (Å²) in [6.07, 6.45) is 3.32. The Hall–Kier alpha value is -2.17. The summed E-state index contributed by atoms with van der Waals surface area (Å²) >= 11 is 0. The first-order chi connectivity index (χ1) is 7.75. The maximum Gasteiger partial charge on any atom is 0.359 e. The van der Waals surface area contributed by atoms with Crippen molar-refractivity contribution in [1.82, 2.24) is 15.2 Å². The van der Waals surface area contributed by atoms with Crippen LogP contribution in [-0.2, 0) is 11.3 Å². The molecular weight excluding hydrogens is 206 g/mol. The molecule has 0 amide bonds. The number of pyridine rings is 1. The Bertz CT molecular complexity index is 479. The van der Waals surface area contributed by atoms with Crippen LogP contribution in [0.25, 0.3) is 0 Å². The summed E-state index contributed by atoms with van der Waals surface area (Å²) in [6, 6.07) is 5.28. The van der Waals surface area contributed by atoms with Gasteiger partial charge < -0.3 is 4.74 Å². The third kappa shape index (κ3) is 2.44. The van der Waals surface area contributed by atoms with E-state index in [1.54, 1.807) is 24.5 Å². The second-order valence-electron chi connectivity index (χ2n) is 3.37. The fraction of sp³-hybridized carbons (Fsp3) is 0.182. The zero-order chi connectivity index (χ0) is 11.4. The van der Waals surface area contributed by atoms with Crippen LogP contribution in [0, 0.1) is 6.92 Å². The van der Waals surface area contributed by atoms with Crippen molar-refractivity contribution in [3.8, 4) is 0 Å². The topological polar surface area (TPSA) is 67.9 Å². The summed E-state index contributed by atoms with van der Waals surface area (Å²) in [6.45, 7) is 2.03. The minimum absolute atomic E-state index is 0.207. The van der Waals surface area contributed by atoms with Crippen LogP contribution in [0.5, 0.6) is 0 Å². The van der Waals surface area contributed by atoms with Crippen molar-refractivity contribution in [2.45, 2.75) is 13.5 Å². The molecule has 0 saturated carbocycles. The average Bonchev–Trinajstić information content (AvgIpc) is 2.74. The van der Waals surface area contributed by atoms with Gasteiger partial charge in [0, 0.05) is 23.7 Å². The van der Waals surface area contributed by atoms with Crippen molar-refractivity contribution in [2.24, 2.45) is 0 Å². The number of rotatable bonds is 3. The number of aryl methyl sites for hydroxylation is 1. The molecule has 0 aromatic carbocycles. The molecule has 2 rings (SSSR count). The number of hydrogen-bond acceptors (Lipinski definition) is 4. The lowest BCUT2D eigenvalue weighted by Gasteiger charge is -2.01. The molecule has 0 aliphatic carbocycles. The molecule has 0 saturated heterocycles. The molecule has 1 N–H and O–H groups in total. The van der Waals surface area contributed by atoms with E-state index in [0.29, 0.717) is 5.69 Å². The third-order valence-electron chi connectivity index (χ3n) is 2.01. The van der Waals surface area contributed by atoms with Gasteiger partial charge in [0.15, 0.2) is 5.69 Å². The highest BCUT2D eigenvalue weighted by Gasteiger charge is 2.10.